The predicted octanol–water partition coefficient (Wildman–Crippen LogP) is 3.96. The number of sulfonamides is 1. The van der Waals surface area contributed by atoms with Gasteiger partial charge in [0.15, 0.2) is 0 Å². The number of rotatable bonds is 11. The SMILES string of the molecule is COc1ccc(N(CC(=O)N(Cc2cccc(Cl)c2)C(C)C(=O)NCC(C)C)S(C)(=O)=O)cc1Cl. The van der Waals surface area contributed by atoms with Crippen LogP contribution in [0.15, 0.2) is 42.5 Å². The van der Waals surface area contributed by atoms with Gasteiger partial charge in [-0.2, -0.15) is 0 Å². The number of anilines is 1. The molecule has 0 bridgehead atoms. The number of benzene rings is 2. The minimum absolute atomic E-state index is 0.0661. The summed E-state index contributed by atoms with van der Waals surface area (Å²) in [5.74, 6) is -0.306. The highest BCUT2D eigenvalue weighted by atomic mass is 35.5. The zero-order valence-corrected chi connectivity index (χ0v) is 22.7. The summed E-state index contributed by atoms with van der Waals surface area (Å²) in [6.45, 7) is 5.52. The van der Waals surface area contributed by atoms with E-state index in [1.54, 1.807) is 31.2 Å². The molecule has 8 nitrogen and oxygen atoms in total. The molecule has 192 valence electrons. The fourth-order valence-corrected chi connectivity index (χ4v) is 4.60. The second-order valence-corrected chi connectivity index (χ2v) is 11.3. The fourth-order valence-electron chi connectivity index (χ4n) is 3.29. The number of carbonyl (C=O) groups is 2. The van der Waals surface area contributed by atoms with Crippen LogP contribution in [0, 0.1) is 5.92 Å². The number of methoxy groups -OCH3 is 1. The van der Waals surface area contributed by atoms with E-state index >= 15 is 0 Å². The predicted molar refractivity (Wildman–Crippen MR) is 140 cm³/mol. The Morgan fingerprint density at radius 1 is 1.09 bits per heavy atom. The summed E-state index contributed by atoms with van der Waals surface area (Å²) in [6.07, 6.45) is 0.999. The van der Waals surface area contributed by atoms with Gasteiger partial charge in [-0.3, -0.25) is 13.9 Å². The van der Waals surface area contributed by atoms with Gasteiger partial charge in [0.1, 0.15) is 18.3 Å². The Bertz CT molecular complexity index is 1160. The molecule has 0 aliphatic heterocycles. The normalized spacial score (nSPS) is 12.2. The van der Waals surface area contributed by atoms with Crippen LogP contribution < -0.4 is 14.4 Å². The van der Waals surface area contributed by atoms with Crippen LogP contribution >= 0.6 is 23.2 Å². The van der Waals surface area contributed by atoms with E-state index in [-0.39, 0.29) is 29.1 Å². The largest absolute Gasteiger partial charge is 0.495 e. The van der Waals surface area contributed by atoms with Crippen molar-refractivity contribution >= 4 is 50.7 Å². The number of amides is 2. The summed E-state index contributed by atoms with van der Waals surface area (Å²) >= 11 is 12.3. The number of carbonyl (C=O) groups excluding carboxylic acids is 2. The maximum absolute atomic E-state index is 13.5. The maximum Gasteiger partial charge on any atom is 0.244 e. The van der Waals surface area contributed by atoms with Crippen LogP contribution in [-0.4, -0.2) is 57.6 Å². The van der Waals surface area contributed by atoms with E-state index in [2.05, 4.69) is 5.32 Å². The molecule has 0 aliphatic carbocycles. The molecule has 1 unspecified atom stereocenters. The monoisotopic (exact) mass is 543 g/mol. The van der Waals surface area contributed by atoms with Gasteiger partial charge in [0.2, 0.25) is 21.8 Å². The molecule has 35 heavy (non-hydrogen) atoms. The molecule has 0 aromatic heterocycles. The molecule has 2 rings (SSSR count). The lowest BCUT2D eigenvalue weighted by molar-refractivity contribution is -0.139. The van der Waals surface area contributed by atoms with Crippen LogP contribution in [0.4, 0.5) is 5.69 Å². The Balaban J connectivity index is 2.39. The zero-order chi connectivity index (χ0) is 26.3. The van der Waals surface area contributed by atoms with Gasteiger partial charge in [0.05, 0.1) is 24.1 Å². The van der Waals surface area contributed by atoms with Crippen LogP contribution in [0.5, 0.6) is 5.75 Å². The molecule has 0 saturated carbocycles. The lowest BCUT2D eigenvalue weighted by Crippen LogP contribution is -2.51. The highest BCUT2D eigenvalue weighted by Gasteiger charge is 2.30. The maximum atomic E-state index is 13.5. The first-order valence-electron chi connectivity index (χ1n) is 11.0. The van der Waals surface area contributed by atoms with Gasteiger partial charge in [-0.05, 0) is 48.7 Å². The number of nitrogens with zero attached hydrogens (tertiary/aromatic N) is 2. The van der Waals surface area contributed by atoms with E-state index in [1.165, 1.54) is 30.2 Å². The van der Waals surface area contributed by atoms with E-state index in [1.807, 2.05) is 13.8 Å². The minimum Gasteiger partial charge on any atom is -0.495 e. The lowest BCUT2D eigenvalue weighted by atomic mass is 10.1. The number of nitrogens with one attached hydrogen (secondary N) is 1. The third-order valence-electron chi connectivity index (χ3n) is 5.20. The van der Waals surface area contributed by atoms with Crippen LogP contribution in [0.3, 0.4) is 0 Å². The molecule has 0 heterocycles. The van der Waals surface area contributed by atoms with Crippen molar-refractivity contribution in [2.75, 3.05) is 30.8 Å². The third kappa shape index (κ3) is 8.30. The highest BCUT2D eigenvalue weighted by Crippen LogP contribution is 2.30. The van der Waals surface area contributed by atoms with Gasteiger partial charge in [-0.25, -0.2) is 8.42 Å². The molecule has 0 fully saturated rings. The zero-order valence-electron chi connectivity index (χ0n) is 20.4. The molecule has 0 aliphatic rings. The van der Waals surface area contributed by atoms with Crippen molar-refractivity contribution in [1.82, 2.24) is 10.2 Å². The molecule has 2 aromatic rings. The molecule has 0 saturated heterocycles. The van der Waals surface area contributed by atoms with Gasteiger partial charge < -0.3 is 15.0 Å². The fraction of sp³-hybridized carbons (Fsp3) is 0.417. The van der Waals surface area contributed by atoms with Gasteiger partial charge in [0.25, 0.3) is 0 Å². The van der Waals surface area contributed by atoms with Crippen LogP contribution in [0.1, 0.15) is 26.3 Å². The average Bonchev–Trinajstić information content (AvgIpc) is 2.78. The molecular weight excluding hydrogens is 513 g/mol. The van der Waals surface area contributed by atoms with Crippen LogP contribution in [-0.2, 0) is 26.2 Å². The summed E-state index contributed by atoms with van der Waals surface area (Å²) in [7, 11) is -2.42. The van der Waals surface area contributed by atoms with E-state index in [0.717, 1.165) is 10.6 Å². The average molecular weight is 545 g/mol. The van der Waals surface area contributed by atoms with Crippen molar-refractivity contribution in [3.05, 3.63) is 58.1 Å². The molecule has 1 atom stereocenters. The number of ether oxygens (including phenoxy) is 1. The Labute approximate surface area is 217 Å². The van der Waals surface area contributed by atoms with Crippen LogP contribution in [0.2, 0.25) is 10.0 Å². The summed E-state index contributed by atoms with van der Waals surface area (Å²) in [5, 5.41) is 3.51. The van der Waals surface area contributed by atoms with Gasteiger partial charge in [-0.1, -0.05) is 49.2 Å². The van der Waals surface area contributed by atoms with Crippen LogP contribution in [0.25, 0.3) is 0 Å². The van der Waals surface area contributed by atoms with E-state index in [0.29, 0.717) is 22.9 Å². The summed E-state index contributed by atoms with van der Waals surface area (Å²) in [6, 6.07) is 10.5. The summed E-state index contributed by atoms with van der Waals surface area (Å²) < 4.78 is 31.3. The van der Waals surface area contributed by atoms with Crippen molar-refractivity contribution in [2.24, 2.45) is 5.92 Å². The second-order valence-electron chi connectivity index (χ2n) is 8.56. The summed E-state index contributed by atoms with van der Waals surface area (Å²) in [4.78, 5) is 27.7. The number of hydrogen-bond donors (Lipinski definition) is 1. The molecular formula is C24H31Cl2N3O5S. The Morgan fingerprint density at radius 2 is 1.77 bits per heavy atom. The topological polar surface area (TPSA) is 96.0 Å². The Morgan fingerprint density at radius 3 is 2.31 bits per heavy atom. The highest BCUT2D eigenvalue weighted by molar-refractivity contribution is 7.92. The van der Waals surface area contributed by atoms with Gasteiger partial charge in [-0.15, -0.1) is 0 Å². The van der Waals surface area contributed by atoms with Crippen molar-refractivity contribution in [1.29, 1.82) is 0 Å². The molecule has 2 aromatic carbocycles. The molecule has 0 spiro atoms. The molecule has 0 radical (unpaired) electrons. The van der Waals surface area contributed by atoms with Crippen molar-refractivity contribution in [2.45, 2.75) is 33.4 Å². The van der Waals surface area contributed by atoms with Crippen molar-refractivity contribution < 1.29 is 22.7 Å². The quantitative estimate of drug-likeness (QED) is 0.462. The van der Waals surface area contributed by atoms with Crippen molar-refractivity contribution in [3.63, 3.8) is 0 Å². The third-order valence-corrected chi connectivity index (χ3v) is 6.87. The number of hydrogen-bond acceptors (Lipinski definition) is 5. The smallest absolute Gasteiger partial charge is 0.244 e. The first-order chi connectivity index (χ1) is 16.3. The summed E-state index contributed by atoms with van der Waals surface area (Å²) in [5.41, 5.74) is 0.902. The minimum atomic E-state index is -3.87. The molecule has 2 amide bonds. The molecule has 1 N–H and O–H groups in total. The first kappa shape index (κ1) is 28.7. The van der Waals surface area contributed by atoms with E-state index < -0.39 is 28.5 Å². The molecule has 11 heteroatoms. The first-order valence-corrected chi connectivity index (χ1v) is 13.6. The van der Waals surface area contributed by atoms with E-state index in [4.69, 9.17) is 27.9 Å². The van der Waals surface area contributed by atoms with Gasteiger partial charge >= 0.3 is 0 Å². The Kier molecular flexibility index (Phi) is 10.2. The standard InChI is InChI=1S/C24H31Cl2N3O5S/c1-16(2)13-27-24(31)17(3)28(14-18-7-6-8-19(25)11-18)23(30)15-29(35(5,32)33)20-9-10-22(34-4)21(26)12-20/h6-12,16-17H,13-15H2,1-5H3,(H,27,31). The van der Waals surface area contributed by atoms with E-state index in [9.17, 15) is 18.0 Å². The second kappa shape index (κ2) is 12.5. The Hall–Kier alpha value is -2.49. The lowest BCUT2D eigenvalue weighted by Gasteiger charge is -2.31. The van der Waals surface area contributed by atoms with Gasteiger partial charge in [0, 0.05) is 18.1 Å². The van der Waals surface area contributed by atoms with Crippen molar-refractivity contribution in [3.8, 4) is 5.75 Å². The number of halogens is 2.